The molecule has 0 aliphatic rings. The zero-order valence-electron chi connectivity index (χ0n) is 58.4. The van der Waals surface area contributed by atoms with E-state index in [1.165, 1.54) is 141 Å². The van der Waals surface area contributed by atoms with Crippen molar-refractivity contribution in [3.63, 3.8) is 0 Å². The summed E-state index contributed by atoms with van der Waals surface area (Å²) in [5, 5.41) is 2.40. The lowest BCUT2D eigenvalue weighted by atomic mass is 10.0. The van der Waals surface area contributed by atoms with Crippen LogP contribution in [0.3, 0.4) is 0 Å². The number of quaternary nitrogens is 1. The minimum Gasteiger partial charge on any atom is -0.756 e. The van der Waals surface area contributed by atoms with E-state index in [0.717, 1.165) is 38.5 Å². The highest BCUT2D eigenvalue weighted by Crippen LogP contribution is 2.38. The molecular weight excluding hydrogens is 1220 g/mol. The van der Waals surface area contributed by atoms with Crippen LogP contribution in [0.4, 0.5) is 4.79 Å². The van der Waals surface area contributed by atoms with Crippen LogP contribution >= 0.6 is 7.82 Å². The highest BCUT2D eigenvalue weighted by Gasteiger charge is 2.21. The van der Waals surface area contributed by atoms with Crippen molar-refractivity contribution < 1.29 is 104 Å². The number of phosphoric ester groups is 1. The Balaban J connectivity index is 0. The van der Waals surface area contributed by atoms with E-state index in [-0.39, 0.29) is 52.0 Å². The zero-order valence-corrected chi connectivity index (χ0v) is 59.3. The maximum absolute atomic E-state index is 12.9. The molecule has 0 radical (unpaired) electrons. The van der Waals surface area contributed by atoms with Gasteiger partial charge < -0.3 is 96.5 Å². The third-order valence-corrected chi connectivity index (χ3v) is 15.3. The molecule has 0 aromatic carbocycles. The van der Waals surface area contributed by atoms with Crippen LogP contribution in [0.25, 0.3) is 0 Å². The molecular formula is C67H135N2O22P. The number of unbranched alkanes of at least 4 members (excludes halogenated alkanes) is 28. The third kappa shape index (κ3) is 76.8. The second-order valence-electron chi connectivity index (χ2n) is 22.6. The number of hydrogen-bond acceptors (Lipinski definition) is 22. The van der Waals surface area contributed by atoms with Crippen molar-refractivity contribution in [2.45, 2.75) is 225 Å². The third-order valence-electron chi connectivity index (χ3n) is 14.3. The fourth-order valence-corrected chi connectivity index (χ4v) is 9.85. The predicted octanol–water partition coefficient (Wildman–Crippen LogP) is 12.4. The molecule has 0 heterocycles. The van der Waals surface area contributed by atoms with E-state index in [1.54, 1.807) is 7.11 Å². The first kappa shape index (κ1) is 91.9. The zero-order chi connectivity index (χ0) is 66.0. The summed E-state index contributed by atoms with van der Waals surface area (Å²) in [6, 6.07) is 0. The fourth-order valence-electron chi connectivity index (χ4n) is 9.11. The fraction of sp³-hybridized carbons (Fsp3) is 0.955. The summed E-state index contributed by atoms with van der Waals surface area (Å²) in [5.41, 5.74) is 0. The van der Waals surface area contributed by atoms with E-state index in [4.69, 9.17) is 80.1 Å². The lowest BCUT2D eigenvalue weighted by Gasteiger charge is -2.25. The predicted molar refractivity (Wildman–Crippen MR) is 356 cm³/mol. The van der Waals surface area contributed by atoms with Gasteiger partial charge in [-0.05, 0) is 12.8 Å². The molecule has 1 amide bonds. The summed E-state index contributed by atoms with van der Waals surface area (Å²) in [5.74, 6) is -0.963. The van der Waals surface area contributed by atoms with Crippen molar-refractivity contribution in [2.75, 3.05) is 192 Å². The van der Waals surface area contributed by atoms with Gasteiger partial charge in [0.2, 0.25) is 0 Å². The normalized spacial score (nSPS) is 12.4. The van der Waals surface area contributed by atoms with Crippen molar-refractivity contribution in [3.05, 3.63) is 0 Å². The number of rotatable bonds is 78. The Bertz CT molecular complexity index is 1550. The van der Waals surface area contributed by atoms with Crippen LogP contribution in [-0.4, -0.2) is 216 Å². The molecule has 0 rings (SSSR count). The number of hydrogen-bond donors (Lipinski definition) is 2. The molecule has 0 aliphatic heterocycles. The average molecular weight is 1350 g/mol. The van der Waals surface area contributed by atoms with Crippen molar-refractivity contribution in [3.8, 4) is 0 Å². The minimum absolute atomic E-state index is 0. The molecule has 0 aliphatic carbocycles. The lowest BCUT2D eigenvalue weighted by Crippen LogP contribution is -2.31. The molecule has 0 aromatic rings. The van der Waals surface area contributed by atoms with Crippen molar-refractivity contribution >= 4 is 25.9 Å². The Hall–Kier alpha value is -2.20. The second kappa shape index (κ2) is 77.8. The molecule has 1 unspecified atom stereocenters. The van der Waals surface area contributed by atoms with Gasteiger partial charge in [0, 0.05) is 26.5 Å². The van der Waals surface area contributed by atoms with Gasteiger partial charge in [0.15, 0.2) is 6.10 Å². The summed E-state index contributed by atoms with van der Waals surface area (Å²) in [6.07, 6.45) is 34.7. The van der Waals surface area contributed by atoms with Crippen LogP contribution < -0.4 is 16.4 Å². The number of nitrogens with one attached hydrogen (secondary N) is 1. The highest BCUT2D eigenvalue weighted by atomic mass is 31.2. The first-order valence-corrected chi connectivity index (χ1v) is 36.9. The maximum atomic E-state index is 12.9. The number of carbonyl (C=O) groups is 3. The molecule has 0 bridgehead atoms. The summed E-state index contributed by atoms with van der Waals surface area (Å²) in [7, 11) is -3.26. The molecule has 5 N–H and O–H groups in total. The van der Waals surface area contributed by atoms with Gasteiger partial charge in [-0.2, -0.15) is 0 Å². The lowest BCUT2D eigenvalue weighted by molar-refractivity contribution is -0.228. The quantitative estimate of drug-likeness (QED) is 0.0247. The smallest absolute Gasteiger partial charge is 0.407 e. The van der Waals surface area contributed by atoms with Gasteiger partial charge in [-0.1, -0.05) is 194 Å². The average Bonchev–Trinajstić information content (AvgIpc) is 3.75. The topological polar surface area (TPSA) is 297 Å². The first-order chi connectivity index (χ1) is 44.7. The van der Waals surface area contributed by atoms with Gasteiger partial charge in [0.05, 0.1) is 165 Å². The van der Waals surface area contributed by atoms with E-state index in [0.29, 0.717) is 152 Å². The Kier molecular flexibility index (Phi) is 77.7. The number of carbonyl (C=O) groups excluding carboxylic acids is 3. The van der Waals surface area contributed by atoms with E-state index >= 15 is 0 Å². The van der Waals surface area contributed by atoms with Gasteiger partial charge in [0.1, 0.15) is 13.2 Å². The molecule has 0 spiro atoms. The van der Waals surface area contributed by atoms with E-state index < -0.39 is 45.2 Å². The van der Waals surface area contributed by atoms with Crippen LogP contribution in [0.5, 0.6) is 0 Å². The van der Waals surface area contributed by atoms with Gasteiger partial charge in [-0.25, -0.2) is 4.79 Å². The van der Waals surface area contributed by atoms with Crippen molar-refractivity contribution in [1.29, 1.82) is 0 Å². The number of esters is 2. The molecule has 0 saturated carbocycles. The summed E-state index contributed by atoms with van der Waals surface area (Å²) in [6.45, 7) is 13.1. The summed E-state index contributed by atoms with van der Waals surface area (Å²) < 4.78 is 104. The number of ether oxygens (including phenoxy) is 15. The van der Waals surface area contributed by atoms with Crippen molar-refractivity contribution in [1.82, 2.24) is 11.5 Å². The van der Waals surface area contributed by atoms with Crippen molar-refractivity contribution in [2.24, 2.45) is 0 Å². The summed E-state index contributed by atoms with van der Waals surface area (Å²) in [4.78, 5) is 50.4. The Morgan fingerprint density at radius 3 is 0.913 bits per heavy atom. The Morgan fingerprint density at radius 2 is 0.609 bits per heavy atom. The first-order valence-electron chi connectivity index (χ1n) is 35.4. The van der Waals surface area contributed by atoms with E-state index in [9.17, 15) is 23.8 Å². The van der Waals surface area contributed by atoms with Crippen LogP contribution in [0.15, 0.2) is 0 Å². The largest absolute Gasteiger partial charge is 0.756 e. The van der Waals surface area contributed by atoms with Gasteiger partial charge in [0.25, 0.3) is 7.82 Å². The van der Waals surface area contributed by atoms with Gasteiger partial charge in [-0.3, -0.25) is 14.2 Å². The Morgan fingerprint density at radius 1 is 0.337 bits per heavy atom. The van der Waals surface area contributed by atoms with Crippen LogP contribution in [-0.2, 0) is 94.3 Å². The van der Waals surface area contributed by atoms with E-state index in [1.807, 2.05) is 0 Å². The maximum Gasteiger partial charge on any atom is 0.407 e. The number of methoxy groups -OCH3 is 1. The molecule has 0 fully saturated rings. The van der Waals surface area contributed by atoms with Gasteiger partial charge >= 0.3 is 18.0 Å². The molecule has 550 valence electrons. The molecule has 0 aromatic heterocycles. The summed E-state index contributed by atoms with van der Waals surface area (Å²) >= 11 is 0. The molecule has 0 saturated heterocycles. The molecule has 92 heavy (non-hydrogen) atoms. The number of phosphoric acid groups is 1. The molecule has 25 heteroatoms. The van der Waals surface area contributed by atoms with E-state index in [2.05, 4.69) is 19.2 Å². The van der Waals surface area contributed by atoms with Gasteiger partial charge in [-0.15, -0.1) is 0 Å². The number of alkyl carbamates (subject to hydrolysis) is 1. The second-order valence-corrected chi connectivity index (χ2v) is 24.0. The highest BCUT2D eigenvalue weighted by molar-refractivity contribution is 7.45. The minimum atomic E-state index is -4.90. The van der Waals surface area contributed by atoms with Crippen LogP contribution in [0.2, 0.25) is 0 Å². The SMILES string of the molecule is CCCCCCCCCCCCCCCCCC(=O)OC[C@H](COP(=O)([O-])OCCNC(=O)OCCOCCOCCOCCOCCOCCOCCOCCOCCOCCOCCOCCOC)OC(=O)CCCCCCCCCCCCCCCCC.[NH4+]. The number of amides is 1. The van der Waals surface area contributed by atoms with Crippen LogP contribution in [0, 0.1) is 0 Å². The molecule has 2 atom stereocenters. The standard InChI is InChI=1S/C67H132NO22P.H3N/c1-4-6-8-10-12-14-16-18-20-22-24-26-28-30-32-34-65(69)87-62-64(90-66(70)35-33-31-29-27-25-23-21-19-17-15-13-11-9-7-5-2)63-89-91(72,73)88-37-36-68-67(71)86-61-60-85-59-58-84-57-56-83-55-54-82-53-52-81-51-50-80-49-48-79-47-46-78-45-44-77-43-42-76-41-40-75-39-38-74-3;/h64H,4-63H2,1-3H3,(H,68,71)(H,72,73);1H3/t64-;/m1./s1. The monoisotopic (exact) mass is 1350 g/mol. The molecule has 24 nitrogen and oxygen atoms in total. The Labute approximate surface area is 556 Å². The van der Waals surface area contributed by atoms with Crippen LogP contribution in [0.1, 0.15) is 219 Å².